The Morgan fingerprint density at radius 1 is 0.344 bits per heavy atom. The third kappa shape index (κ3) is 4.46. The van der Waals surface area contributed by atoms with Crippen molar-refractivity contribution in [2.24, 2.45) is 0 Å². The van der Waals surface area contributed by atoms with E-state index in [0.717, 1.165) is 71.7 Å². The minimum absolute atomic E-state index is 0.508. The zero-order valence-corrected chi connectivity index (χ0v) is 34.0. The van der Waals surface area contributed by atoms with Crippen molar-refractivity contribution in [2.45, 2.75) is 0 Å². The normalized spacial score (nSPS) is 12.4. The van der Waals surface area contributed by atoms with E-state index in [0.29, 0.717) is 23.1 Å². The summed E-state index contributed by atoms with van der Waals surface area (Å²) in [4.78, 5) is 15.6. The monoisotopic (exact) mass is 817 g/mol. The van der Waals surface area contributed by atoms with Gasteiger partial charge in [-0.3, -0.25) is 0 Å². The lowest BCUT2D eigenvalue weighted by atomic mass is 10.0. The first-order chi connectivity index (χ1) is 31.7. The fraction of sp³-hybridized carbons (Fsp3) is 0. The highest BCUT2D eigenvalue weighted by molar-refractivity contribution is 6.26. The summed E-state index contributed by atoms with van der Waals surface area (Å²) < 4.78 is 18.4. The van der Waals surface area contributed by atoms with Crippen LogP contribution in [0.2, 0.25) is 0 Å². The SMILES string of the molecule is c1ccc(-c2nc(-c3cccc4c3oc3ccccc34)nc(-c3ccc(-n4c5ccccc5c5cc6c7cccc8c9ccccc9n(c6cc54)c87)c4c3oc3ccccc34)n2)cc1. The molecule has 0 N–H and O–H groups in total. The van der Waals surface area contributed by atoms with Crippen LogP contribution in [-0.4, -0.2) is 23.9 Å². The first-order valence-corrected chi connectivity index (χ1v) is 21.5. The van der Waals surface area contributed by atoms with Gasteiger partial charge in [0.05, 0.1) is 49.8 Å². The standard InChI is InChI=1S/C57H31N5O2/c1-2-14-32(15-3-1)55-58-56(40-23-13-22-38-35-18-6-10-26-49(35)63-53(38)40)60-57(59-55)41-28-29-46(51-39-19-7-11-27-50(39)64-54(41)51)61-44-24-8-5-17-34(44)42-30-43-37-21-12-20-36-33-16-4-9-25-45(33)62(52(36)37)48(43)31-47(42)61/h1-31H. The molecule has 0 amide bonds. The molecule has 0 aliphatic carbocycles. The van der Waals surface area contributed by atoms with Crippen LogP contribution in [0.3, 0.4) is 0 Å². The minimum atomic E-state index is 0.508. The van der Waals surface area contributed by atoms with E-state index in [1.165, 1.54) is 48.9 Å². The van der Waals surface area contributed by atoms with Crippen molar-refractivity contribution >= 4 is 104 Å². The number of para-hydroxylation sites is 6. The molecule has 0 unspecified atom stereocenters. The Balaban J connectivity index is 1.03. The average Bonchev–Trinajstić information content (AvgIpc) is 4.17. The molecule has 15 aromatic rings. The lowest BCUT2D eigenvalue weighted by Crippen LogP contribution is -2.01. The van der Waals surface area contributed by atoms with Crippen LogP contribution in [-0.2, 0) is 0 Å². The van der Waals surface area contributed by atoms with E-state index in [1.807, 2.05) is 72.8 Å². The zero-order chi connectivity index (χ0) is 41.6. The minimum Gasteiger partial charge on any atom is -0.455 e. The van der Waals surface area contributed by atoms with E-state index in [1.54, 1.807) is 0 Å². The number of nitrogens with zero attached hydrogens (tertiary/aromatic N) is 5. The smallest absolute Gasteiger partial charge is 0.167 e. The van der Waals surface area contributed by atoms with Gasteiger partial charge in [0.15, 0.2) is 17.5 Å². The predicted molar refractivity (Wildman–Crippen MR) is 260 cm³/mol. The summed E-state index contributed by atoms with van der Waals surface area (Å²) >= 11 is 0. The predicted octanol–water partition coefficient (Wildman–Crippen LogP) is 14.9. The van der Waals surface area contributed by atoms with Gasteiger partial charge in [0.1, 0.15) is 22.3 Å². The number of aromatic nitrogens is 5. The van der Waals surface area contributed by atoms with E-state index in [9.17, 15) is 0 Å². The molecule has 64 heavy (non-hydrogen) atoms. The second-order valence-corrected chi connectivity index (χ2v) is 16.7. The number of rotatable bonds is 4. The summed E-state index contributed by atoms with van der Waals surface area (Å²) in [5.41, 5.74) is 12.4. The third-order valence-corrected chi connectivity index (χ3v) is 13.3. The van der Waals surface area contributed by atoms with Crippen molar-refractivity contribution < 1.29 is 8.83 Å². The molecule has 0 spiro atoms. The Morgan fingerprint density at radius 2 is 0.906 bits per heavy atom. The Bertz CT molecular complexity index is 4440. The summed E-state index contributed by atoms with van der Waals surface area (Å²) in [5, 5.41) is 11.5. The molecule has 7 heteroatoms. The molecule has 0 fully saturated rings. The number of benzene rings is 9. The highest BCUT2D eigenvalue weighted by Crippen LogP contribution is 2.46. The molecule has 296 valence electrons. The van der Waals surface area contributed by atoms with Crippen molar-refractivity contribution in [2.75, 3.05) is 0 Å². The molecule has 0 aliphatic heterocycles. The molecule has 0 saturated carbocycles. The summed E-state index contributed by atoms with van der Waals surface area (Å²) in [5.74, 6) is 1.59. The molecule has 6 aromatic heterocycles. The largest absolute Gasteiger partial charge is 0.455 e. The maximum Gasteiger partial charge on any atom is 0.167 e. The first-order valence-electron chi connectivity index (χ1n) is 21.5. The molecule has 9 aromatic carbocycles. The highest BCUT2D eigenvalue weighted by Gasteiger charge is 2.25. The lowest BCUT2D eigenvalue weighted by Gasteiger charge is -2.13. The van der Waals surface area contributed by atoms with Crippen LogP contribution in [0.25, 0.3) is 144 Å². The van der Waals surface area contributed by atoms with Crippen LogP contribution in [0, 0.1) is 0 Å². The van der Waals surface area contributed by atoms with E-state index in [4.69, 9.17) is 23.8 Å². The van der Waals surface area contributed by atoms with Crippen LogP contribution in [0.4, 0.5) is 0 Å². The number of hydrogen-bond donors (Lipinski definition) is 0. The van der Waals surface area contributed by atoms with E-state index in [-0.39, 0.29) is 0 Å². The molecule has 0 saturated heterocycles. The van der Waals surface area contributed by atoms with Crippen LogP contribution < -0.4 is 0 Å². The van der Waals surface area contributed by atoms with Crippen molar-refractivity contribution in [1.29, 1.82) is 0 Å². The van der Waals surface area contributed by atoms with Gasteiger partial charge in [-0.25, -0.2) is 15.0 Å². The topological polar surface area (TPSA) is 74.3 Å². The maximum atomic E-state index is 6.96. The fourth-order valence-corrected chi connectivity index (χ4v) is 10.6. The van der Waals surface area contributed by atoms with Crippen molar-refractivity contribution in [3.8, 4) is 39.9 Å². The molecule has 0 radical (unpaired) electrons. The van der Waals surface area contributed by atoms with Gasteiger partial charge in [-0.15, -0.1) is 0 Å². The Hall–Kier alpha value is -8.81. The van der Waals surface area contributed by atoms with Crippen LogP contribution >= 0.6 is 0 Å². The van der Waals surface area contributed by atoms with Gasteiger partial charge >= 0.3 is 0 Å². The maximum absolute atomic E-state index is 6.96. The number of hydrogen-bond acceptors (Lipinski definition) is 5. The molecular weight excluding hydrogens is 787 g/mol. The highest BCUT2D eigenvalue weighted by atomic mass is 16.3. The van der Waals surface area contributed by atoms with Crippen molar-refractivity contribution in [3.05, 3.63) is 188 Å². The van der Waals surface area contributed by atoms with Gasteiger partial charge in [0.2, 0.25) is 0 Å². The third-order valence-electron chi connectivity index (χ3n) is 13.3. The van der Waals surface area contributed by atoms with Gasteiger partial charge in [-0.2, -0.15) is 0 Å². The summed E-state index contributed by atoms with van der Waals surface area (Å²) in [6.45, 7) is 0. The molecule has 6 heterocycles. The molecule has 0 bridgehead atoms. The van der Waals surface area contributed by atoms with Gasteiger partial charge in [-0.05, 0) is 54.6 Å². The Morgan fingerprint density at radius 3 is 1.72 bits per heavy atom. The van der Waals surface area contributed by atoms with Crippen molar-refractivity contribution in [1.82, 2.24) is 23.9 Å². The average molecular weight is 818 g/mol. The van der Waals surface area contributed by atoms with Gasteiger partial charge in [-0.1, -0.05) is 133 Å². The van der Waals surface area contributed by atoms with Crippen molar-refractivity contribution in [3.63, 3.8) is 0 Å². The van der Waals surface area contributed by atoms with Gasteiger partial charge < -0.3 is 17.8 Å². The Labute approximate surface area is 363 Å². The van der Waals surface area contributed by atoms with Crippen LogP contribution in [0.1, 0.15) is 0 Å². The molecule has 0 aliphatic rings. The first kappa shape index (κ1) is 33.9. The molecular formula is C57H31N5O2. The van der Waals surface area contributed by atoms with Crippen LogP contribution in [0.15, 0.2) is 197 Å². The molecule has 7 nitrogen and oxygen atoms in total. The van der Waals surface area contributed by atoms with Gasteiger partial charge in [0, 0.05) is 54.0 Å². The lowest BCUT2D eigenvalue weighted by molar-refractivity contribution is 0.669. The van der Waals surface area contributed by atoms with Crippen LogP contribution in [0.5, 0.6) is 0 Å². The van der Waals surface area contributed by atoms with E-state index < -0.39 is 0 Å². The number of furan rings is 2. The molecule has 0 atom stereocenters. The van der Waals surface area contributed by atoms with E-state index in [2.05, 4.69) is 124 Å². The second kappa shape index (κ2) is 12.4. The second-order valence-electron chi connectivity index (χ2n) is 16.7. The summed E-state index contributed by atoms with van der Waals surface area (Å²) in [7, 11) is 0. The Kier molecular flexibility index (Phi) is 6.56. The zero-order valence-electron chi connectivity index (χ0n) is 34.0. The fourth-order valence-electron chi connectivity index (χ4n) is 10.6. The quantitative estimate of drug-likeness (QED) is 0.177. The summed E-state index contributed by atoms with van der Waals surface area (Å²) in [6, 6.07) is 65.9. The van der Waals surface area contributed by atoms with Gasteiger partial charge in [0.25, 0.3) is 0 Å². The van der Waals surface area contributed by atoms with E-state index >= 15 is 0 Å². The summed E-state index contributed by atoms with van der Waals surface area (Å²) in [6.07, 6.45) is 0. The molecule has 15 rings (SSSR count). The number of fused-ring (bicyclic) bond motifs is 15.